The Morgan fingerprint density at radius 2 is 2.10 bits per heavy atom. The molecule has 1 aliphatic heterocycles. The molecule has 1 aromatic carbocycles. The van der Waals surface area contributed by atoms with E-state index >= 15 is 0 Å². The van der Waals surface area contributed by atoms with Gasteiger partial charge in [0.2, 0.25) is 0 Å². The number of nitrogens with zero attached hydrogens (tertiary/aromatic N) is 1. The summed E-state index contributed by atoms with van der Waals surface area (Å²) in [5, 5.41) is 9.52. The van der Waals surface area contributed by atoms with Gasteiger partial charge in [0.05, 0.1) is 16.5 Å². The first-order valence-electron chi connectivity index (χ1n) is 6.35. The highest BCUT2D eigenvalue weighted by Gasteiger charge is 2.32. The van der Waals surface area contributed by atoms with Gasteiger partial charge in [0.1, 0.15) is 0 Å². The fourth-order valence-electron chi connectivity index (χ4n) is 2.53. The number of piperidine rings is 1. The number of amides is 1. The van der Waals surface area contributed by atoms with Crippen molar-refractivity contribution in [2.45, 2.75) is 13.3 Å². The Bertz CT molecular complexity index is 549. The van der Waals surface area contributed by atoms with Crippen LogP contribution in [0.4, 0.5) is 0 Å². The zero-order valence-electron chi connectivity index (χ0n) is 11.0. The molecule has 0 bridgehead atoms. The number of carbonyl (C=O) groups is 2. The summed E-state index contributed by atoms with van der Waals surface area (Å²) in [7, 11) is 0. The molecule has 0 saturated carbocycles. The molecule has 1 amide bonds. The highest BCUT2D eigenvalue weighted by Crippen LogP contribution is 2.27. The Labute approximate surface area is 130 Å². The molecule has 1 heterocycles. The van der Waals surface area contributed by atoms with Crippen LogP contribution < -0.4 is 0 Å². The SMILES string of the molecule is CC1CC(C(=O)O)CN(C(=O)c2ccc(Br)cc2Cl)C1. The van der Waals surface area contributed by atoms with Crippen LogP contribution in [0.2, 0.25) is 5.02 Å². The number of likely N-dealkylation sites (tertiary alicyclic amines) is 1. The van der Waals surface area contributed by atoms with Gasteiger partial charge in [0.25, 0.3) is 5.91 Å². The van der Waals surface area contributed by atoms with E-state index in [0.717, 1.165) is 4.47 Å². The van der Waals surface area contributed by atoms with Crippen LogP contribution >= 0.6 is 27.5 Å². The minimum atomic E-state index is -0.851. The van der Waals surface area contributed by atoms with Gasteiger partial charge in [-0.15, -0.1) is 0 Å². The molecule has 6 heteroatoms. The molecule has 1 aromatic rings. The number of hydrogen-bond acceptors (Lipinski definition) is 2. The maximum atomic E-state index is 12.5. The molecule has 4 nitrogen and oxygen atoms in total. The van der Waals surface area contributed by atoms with E-state index in [9.17, 15) is 9.59 Å². The first-order valence-corrected chi connectivity index (χ1v) is 7.52. The van der Waals surface area contributed by atoms with Gasteiger partial charge in [-0.3, -0.25) is 9.59 Å². The van der Waals surface area contributed by atoms with E-state index in [2.05, 4.69) is 15.9 Å². The Morgan fingerprint density at radius 3 is 2.70 bits per heavy atom. The molecule has 0 aliphatic carbocycles. The van der Waals surface area contributed by atoms with E-state index in [4.69, 9.17) is 16.7 Å². The molecule has 0 aromatic heterocycles. The van der Waals surface area contributed by atoms with Crippen LogP contribution in [0.5, 0.6) is 0 Å². The Balaban J connectivity index is 2.21. The molecule has 0 spiro atoms. The lowest BCUT2D eigenvalue weighted by Crippen LogP contribution is -2.45. The highest BCUT2D eigenvalue weighted by molar-refractivity contribution is 9.10. The summed E-state index contributed by atoms with van der Waals surface area (Å²) in [6.45, 7) is 2.76. The minimum absolute atomic E-state index is 0.169. The average molecular weight is 361 g/mol. The van der Waals surface area contributed by atoms with Crippen molar-refractivity contribution in [3.05, 3.63) is 33.3 Å². The Hall–Kier alpha value is -1.07. The smallest absolute Gasteiger partial charge is 0.308 e. The largest absolute Gasteiger partial charge is 0.481 e. The van der Waals surface area contributed by atoms with Crippen molar-refractivity contribution in [3.63, 3.8) is 0 Å². The van der Waals surface area contributed by atoms with Crippen LogP contribution in [0.1, 0.15) is 23.7 Å². The normalized spacial score (nSPS) is 22.6. The van der Waals surface area contributed by atoms with Crippen molar-refractivity contribution in [1.82, 2.24) is 4.90 Å². The van der Waals surface area contributed by atoms with Crippen molar-refractivity contribution in [1.29, 1.82) is 0 Å². The third kappa shape index (κ3) is 3.33. The molecule has 1 aliphatic rings. The van der Waals surface area contributed by atoms with Gasteiger partial charge >= 0.3 is 5.97 Å². The van der Waals surface area contributed by atoms with Crippen LogP contribution in [0.3, 0.4) is 0 Å². The predicted octanol–water partition coefficient (Wildman–Crippen LogP) is 3.29. The van der Waals surface area contributed by atoms with Crippen LogP contribution in [0, 0.1) is 11.8 Å². The molecule has 2 rings (SSSR count). The van der Waals surface area contributed by atoms with E-state index in [-0.39, 0.29) is 18.4 Å². The molecule has 2 atom stereocenters. The molecule has 108 valence electrons. The quantitative estimate of drug-likeness (QED) is 0.880. The molecule has 0 radical (unpaired) electrons. The van der Waals surface area contributed by atoms with Crippen LogP contribution in [-0.2, 0) is 4.79 Å². The highest BCUT2D eigenvalue weighted by atomic mass is 79.9. The van der Waals surface area contributed by atoms with E-state index in [0.29, 0.717) is 23.6 Å². The summed E-state index contributed by atoms with van der Waals surface area (Å²) in [4.78, 5) is 25.2. The van der Waals surface area contributed by atoms with Crippen molar-refractivity contribution in [2.75, 3.05) is 13.1 Å². The Morgan fingerprint density at radius 1 is 1.40 bits per heavy atom. The molecular weight excluding hydrogens is 346 g/mol. The van der Waals surface area contributed by atoms with Crippen LogP contribution in [0.15, 0.2) is 22.7 Å². The standard InChI is InChI=1S/C14H15BrClNO3/c1-8-4-9(14(19)20)7-17(6-8)13(18)11-3-2-10(15)5-12(11)16/h2-3,5,8-9H,4,6-7H2,1H3,(H,19,20). The number of carboxylic acid groups (broad SMARTS) is 1. The monoisotopic (exact) mass is 359 g/mol. The second-order valence-corrected chi connectivity index (χ2v) is 6.53. The lowest BCUT2D eigenvalue weighted by molar-refractivity contribution is -0.143. The van der Waals surface area contributed by atoms with Gasteiger partial charge in [-0.1, -0.05) is 34.5 Å². The van der Waals surface area contributed by atoms with Crippen molar-refractivity contribution < 1.29 is 14.7 Å². The first-order chi connectivity index (χ1) is 9.38. The number of carboxylic acids is 1. The van der Waals surface area contributed by atoms with Gasteiger partial charge in [0, 0.05) is 17.6 Å². The van der Waals surface area contributed by atoms with Crippen molar-refractivity contribution in [2.24, 2.45) is 11.8 Å². The molecule has 1 fully saturated rings. The zero-order chi connectivity index (χ0) is 14.9. The number of rotatable bonds is 2. The number of hydrogen-bond donors (Lipinski definition) is 1. The summed E-state index contributed by atoms with van der Waals surface area (Å²) in [6.07, 6.45) is 0.604. The summed E-state index contributed by atoms with van der Waals surface area (Å²) in [5.74, 6) is -1.39. The van der Waals surface area contributed by atoms with Gasteiger partial charge < -0.3 is 10.0 Å². The number of benzene rings is 1. The van der Waals surface area contributed by atoms with Crippen LogP contribution in [0.25, 0.3) is 0 Å². The maximum absolute atomic E-state index is 12.5. The fourth-order valence-corrected chi connectivity index (χ4v) is 3.28. The van der Waals surface area contributed by atoms with Crippen molar-refractivity contribution >= 4 is 39.4 Å². The lowest BCUT2D eigenvalue weighted by atomic mass is 9.90. The van der Waals surface area contributed by atoms with Gasteiger partial charge in [0.15, 0.2) is 0 Å². The molecule has 1 saturated heterocycles. The first kappa shape index (κ1) is 15.3. The fraction of sp³-hybridized carbons (Fsp3) is 0.429. The van der Waals surface area contributed by atoms with E-state index < -0.39 is 11.9 Å². The van der Waals surface area contributed by atoms with Gasteiger partial charge in [-0.2, -0.15) is 0 Å². The summed E-state index contributed by atoms with van der Waals surface area (Å²) in [5.41, 5.74) is 0.410. The summed E-state index contributed by atoms with van der Waals surface area (Å²) >= 11 is 9.38. The van der Waals surface area contributed by atoms with E-state index in [1.807, 2.05) is 6.92 Å². The second kappa shape index (κ2) is 6.14. The maximum Gasteiger partial charge on any atom is 0.308 e. The van der Waals surface area contributed by atoms with E-state index in [1.165, 1.54) is 0 Å². The molecular formula is C14H15BrClNO3. The third-order valence-corrected chi connectivity index (χ3v) is 4.26. The van der Waals surface area contributed by atoms with Gasteiger partial charge in [-0.05, 0) is 30.5 Å². The Kier molecular flexibility index (Phi) is 4.70. The van der Waals surface area contributed by atoms with Gasteiger partial charge in [-0.25, -0.2) is 0 Å². The second-order valence-electron chi connectivity index (χ2n) is 5.21. The average Bonchev–Trinajstić information content (AvgIpc) is 2.37. The minimum Gasteiger partial charge on any atom is -0.481 e. The predicted molar refractivity (Wildman–Crippen MR) is 80.0 cm³/mol. The number of halogens is 2. The molecule has 1 N–H and O–H groups in total. The number of carbonyl (C=O) groups excluding carboxylic acids is 1. The number of aliphatic carboxylic acids is 1. The zero-order valence-corrected chi connectivity index (χ0v) is 13.3. The summed E-state index contributed by atoms with van der Waals surface area (Å²) in [6, 6.07) is 5.07. The van der Waals surface area contributed by atoms with E-state index in [1.54, 1.807) is 23.1 Å². The van der Waals surface area contributed by atoms with Crippen LogP contribution in [-0.4, -0.2) is 35.0 Å². The third-order valence-electron chi connectivity index (χ3n) is 3.46. The lowest BCUT2D eigenvalue weighted by Gasteiger charge is -2.34. The summed E-state index contributed by atoms with van der Waals surface area (Å²) < 4.78 is 0.800. The molecule has 20 heavy (non-hydrogen) atoms. The molecule has 2 unspecified atom stereocenters. The topological polar surface area (TPSA) is 57.6 Å². The van der Waals surface area contributed by atoms with Crippen molar-refractivity contribution in [3.8, 4) is 0 Å².